The van der Waals surface area contributed by atoms with Gasteiger partial charge in [0.2, 0.25) is 10.0 Å². The number of nitrogens with one attached hydrogen (secondary N) is 2. The van der Waals surface area contributed by atoms with Crippen LogP contribution in [0.3, 0.4) is 0 Å². The maximum atomic E-state index is 12.6. The summed E-state index contributed by atoms with van der Waals surface area (Å²) in [5, 5.41) is 2.80. The number of hydrogen-bond donors (Lipinski definition) is 2. The molecule has 0 aliphatic rings. The Morgan fingerprint density at radius 3 is 2.22 bits per heavy atom. The highest BCUT2D eigenvalue weighted by Gasteiger charge is 2.17. The molecule has 0 aliphatic heterocycles. The summed E-state index contributed by atoms with van der Waals surface area (Å²) in [6.45, 7) is 3.97. The molecule has 7 nitrogen and oxygen atoms in total. The molecule has 0 heterocycles. The van der Waals surface area contributed by atoms with Gasteiger partial charge in [0.25, 0.3) is 5.91 Å². The van der Waals surface area contributed by atoms with Gasteiger partial charge in [-0.2, -0.15) is 0 Å². The van der Waals surface area contributed by atoms with Crippen molar-refractivity contribution in [2.45, 2.75) is 25.3 Å². The average Bonchev–Trinajstić information content (AvgIpc) is 2.65. The van der Waals surface area contributed by atoms with E-state index in [1.807, 2.05) is 0 Å². The normalized spacial score (nSPS) is 11.1. The van der Waals surface area contributed by atoms with Crippen molar-refractivity contribution in [2.75, 3.05) is 20.8 Å². The van der Waals surface area contributed by atoms with Crippen LogP contribution < -0.4 is 19.5 Å². The zero-order valence-electron chi connectivity index (χ0n) is 15.8. The number of benzene rings is 2. The number of methoxy groups -OCH3 is 2. The Morgan fingerprint density at radius 2 is 1.67 bits per heavy atom. The highest BCUT2D eigenvalue weighted by Crippen LogP contribution is 2.22. The molecule has 0 radical (unpaired) electrons. The average molecular weight is 392 g/mol. The zero-order valence-corrected chi connectivity index (χ0v) is 16.6. The lowest BCUT2D eigenvalue weighted by Gasteiger charge is -2.12. The van der Waals surface area contributed by atoms with E-state index in [4.69, 9.17) is 9.47 Å². The Morgan fingerprint density at radius 1 is 1.04 bits per heavy atom. The Labute approximate surface area is 159 Å². The van der Waals surface area contributed by atoms with Crippen LogP contribution in [0.1, 0.15) is 28.4 Å². The molecule has 1 amide bonds. The predicted molar refractivity (Wildman–Crippen MR) is 103 cm³/mol. The molecule has 0 saturated heterocycles. The van der Waals surface area contributed by atoms with Crippen molar-refractivity contribution >= 4 is 15.9 Å². The van der Waals surface area contributed by atoms with E-state index in [-0.39, 0.29) is 23.9 Å². The van der Waals surface area contributed by atoms with E-state index in [2.05, 4.69) is 10.0 Å². The number of ether oxygens (including phenoxy) is 2. The second-order valence-electron chi connectivity index (χ2n) is 5.88. The third-order valence-corrected chi connectivity index (χ3v) is 5.51. The van der Waals surface area contributed by atoms with E-state index >= 15 is 0 Å². The molecular formula is C19H24N2O5S. The second kappa shape index (κ2) is 8.88. The van der Waals surface area contributed by atoms with E-state index in [0.29, 0.717) is 22.6 Å². The Balaban J connectivity index is 2.21. The van der Waals surface area contributed by atoms with Crippen molar-refractivity contribution in [3.8, 4) is 11.5 Å². The Kier molecular flexibility index (Phi) is 6.81. The number of carbonyl (C=O) groups is 1. The monoisotopic (exact) mass is 392 g/mol. The molecule has 0 aromatic heterocycles. The first-order valence-electron chi connectivity index (χ1n) is 8.41. The van der Waals surface area contributed by atoms with Crippen LogP contribution in [0.25, 0.3) is 0 Å². The molecule has 2 N–H and O–H groups in total. The molecule has 2 rings (SSSR count). The van der Waals surface area contributed by atoms with E-state index in [1.54, 1.807) is 52.3 Å². The Hall–Kier alpha value is -2.58. The van der Waals surface area contributed by atoms with Crippen molar-refractivity contribution in [1.29, 1.82) is 0 Å². The van der Waals surface area contributed by atoms with Crippen LogP contribution in [-0.4, -0.2) is 35.1 Å². The van der Waals surface area contributed by atoms with Gasteiger partial charge in [0.05, 0.1) is 19.1 Å². The Bertz CT molecular complexity index is 903. The van der Waals surface area contributed by atoms with Crippen molar-refractivity contribution in [2.24, 2.45) is 0 Å². The fourth-order valence-corrected chi connectivity index (χ4v) is 3.60. The first-order valence-corrected chi connectivity index (χ1v) is 9.89. The molecule has 0 atom stereocenters. The minimum Gasteiger partial charge on any atom is -0.497 e. The van der Waals surface area contributed by atoms with Crippen LogP contribution in [-0.2, 0) is 16.6 Å². The van der Waals surface area contributed by atoms with Gasteiger partial charge in [0.15, 0.2) is 0 Å². The molecular weight excluding hydrogens is 368 g/mol. The number of aryl methyl sites for hydroxylation is 1. The molecule has 0 bridgehead atoms. The summed E-state index contributed by atoms with van der Waals surface area (Å²) in [5.41, 5.74) is 1.80. The number of rotatable bonds is 8. The van der Waals surface area contributed by atoms with Crippen LogP contribution in [0.2, 0.25) is 0 Å². The van der Waals surface area contributed by atoms with Crippen LogP contribution in [0.15, 0.2) is 41.3 Å². The predicted octanol–water partition coefficient (Wildman–Crippen LogP) is 2.24. The molecule has 0 fully saturated rings. The van der Waals surface area contributed by atoms with E-state index in [1.165, 1.54) is 12.1 Å². The summed E-state index contributed by atoms with van der Waals surface area (Å²) in [6, 6.07) is 9.81. The summed E-state index contributed by atoms with van der Waals surface area (Å²) in [7, 11) is -0.527. The highest BCUT2D eigenvalue weighted by atomic mass is 32.2. The van der Waals surface area contributed by atoms with Crippen LogP contribution in [0, 0.1) is 6.92 Å². The maximum absolute atomic E-state index is 12.6. The van der Waals surface area contributed by atoms with E-state index in [0.717, 1.165) is 5.56 Å². The van der Waals surface area contributed by atoms with Gasteiger partial charge in [-0.15, -0.1) is 0 Å². The van der Waals surface area contributed by atoms with Gasteiger partial charge < -0.3 is 14.8 Å². The summed E-state index contributed by atoms with van der Waals surface area (Å²) in [5.74, 6) is 0.879. The topological polar surface area (TPSA) is 93.7 Å². The molecule has 146 valence electrons. The van der Waals surface area contributed by atoms with Gasteiger partial charge in [-0.3, -0.25) is 4.79 Å². The van der Waals surface area contributed by atoms with Gasteiger partial charge in [0, 0.05) is 24.7 Å². The molecule has 8 heteroatoms. The summed E-state index contributed by atoms with van der Waals surface area (Å²) in [6.07, 6.45) is 0. The third kappa shape index (κ3) is 5.21. The molecule has 2 aromatic rings. The van der Waals surface area contributed by atoms with Crippen LogP contribution in [0.5, 0.6) is 11.5 Å². The van der Waals surface area contributed by atoms with Crippen molar-refractivity contribution in [3.05, 3.63) is 53.1 Å². The minimum atomic E-state index is -3.63. The van der Waals surface area contributed by atoms with Gasteiger partial charge >= 0.3 is 0 Å². The van der Waals surface area contributed by atoms with Crippen molar-refractivity contribution < 1.29 is 22.7 Å². The highest BCUT2D eigenvalue weighted by molar-refractivity contribution is 7.89. The lowest BCUT2D eigenvalue weighted by atomic mass is 10.1. The second-order valence-corrected chi connectivity index (χ2v) is 7.65. The molecule has 0 spiro atoms. The van der Waals surface area contributed by atoms with Crippen LogP contribution in [0.4, 0.5) is 0 Å². The lowest BCUT2D eigenvalue weighted by molar-refractivity contribution is 0.0950. The summed E-state index contributed by atoms with van der Waals surface area (Å²) in [4.78, 5) is 12.7. The maximum Gasteiger partial charge on any atom is 0.251 e. The van der Waals surface area contributed by atoms with Gasteiger partial charge in [0.1, 0.15) is 11.5 Å². The molecule has 0 saturated carbocycles. The first kappa shape index (κ1) is 20.7. The smallest absolute Gasteiger partial charge is 0.251 e. The SMILES string of the molecule is CCNS(=O)(=O)c1ccc(C)c(C(=O)NCc2cc(OC)cc(OC)c2)c1. The summed E-state index contributed by atoms with van der Waals surface area (Å²) < 4.78 is 37.2. The van der Waals surface area contributed by atoms with Crippen LogP contribution >= 0.6 is 0 Å². The number of hydrogen-bond acceptors (Lipinski definition) is 5. The standard InChI is InChI=1S/C19H24N2O5S/c1-5-21-27(23,24)17-7-6-13(2)18(11-17)19(22)20-12-14-8-15(25-3)10-16(9-14)26-4/h6-11,21H,5,12H2,1-4H3,(H,20,22). The summed E-state index contributed by atoms with van der Waals surface area (Å²) >= 11 is 0. The molecule has 2 aromatic carbocycles. The van der Waals surface area contributed by atoms with Gasteiger partial charge in [-0.05, 0) is 42.3 Å². The van der Waals surface area contributed by atoms with Crippen molar-refractivity contribution in [1.82, 2.24) is 10.0 Å². The quantitative estimate of drug-likeness (QED) is 0.719. The number of carbonyl (C=O) groups excluding carboxylic acids is 1. The minimum absolute atomic E-state index is 0.0585. The van der Waals surface area contributed by atoms with Gasteiger partial charge in [-0.25, -0.2) is 13.1 Å². The third-order valence-electron chi connectivity index (χ3n) is 3.96. The van der Waals surface area contributed by atoms with Crippen molar-refractivity contribution in [3.63, 3.8) is 0 Å². The van der Waals surface area contributed by atoms with Gasteiger partial charge in [-0.1, -0.05) is 13.0 Å². The largest absolute Gasteiger partial charge is 0.497 e. The van der Waals surface area contributed by atoms with E-state index < -0.39 is 10.0 Å². The lowest BCUT2D eigenvalue weighted by Crippen LogP contribution is -2.26. The molecule has 0 aliphatic carbocycles. The zero-order chi connectivity index (χ0) is 20.0. The fraction of sp³-hybridized carbons (Fsp3) is 0.316. The molecule has 27 heavy (non-hydrogen) atoms. The first-order chi connectivity index (χ1) is 12.8. The molecule has 0 unspecified atom stereocenters. The van der Waals surface area contributed by atoms with E-state index in [9.17, 15) is 13.2 Å². The fourth-order valence-electron chi connectivity index (χ4n) is 2.53. The number of sulfonamides is 1. The number of amides is 1.